The number of aryl methyl sites for hydroxylation is 1. The van der Waals surface area contributed by atoms with Crippen LogP contribution in [-0.2, 0) is 0 Å². The number of amides is 1. The van der Waals surface area contributed by atoms with Crippen LogP contribution in [0, 0.1) is 12.7 Å². The molecule has 3 aromatic rings. The first-order valence-corrected chi connectivity index (χ1v) is 11.5. The quantitative estimate of drug-likeness (QED) is 0.579. The van der Waals surface area contributed by atoms with E-state index in [1.165, 1.54) is 16.8 Å². The van der Waals surface area contributed by atoms with Gasteiger partial charge >= 0.3 is 0 Å². The Morgan fingerprint density at radius 3 is 2.76 bits per heavy atom. The van der Waals surface area contributed by atoms with Gasteiger partial charge in [0.2, 0.25) is 0 Å². The van der Waals surface area contributed by atoms with Crippen LogP contribution in [0.25, 0.3) is 16.9 Å². The average Bonchev–Trinajstić information content (AvgIpc) is 3.48. The number of anilines is 1. The lowest BCUT2D eigenvalue weighted by molar-refractivity contribution is 0.0947. The van der Waals surface area contributed by atoms with E-state index < -0.39 is 17.9 Å². The molecule has 0 spiro atoms. The maximum atomic E-state index is 14.5. The largest absolute Gasteiger partial charge is 0.378 e. The summed E-state index contributed by atoms with van der Waals surface area (Å²) >= 11 is 0. The summed E-state index contributed by atoms with van der Waals surface area (Å²) in [5, 5.41) is 14.5. The molecule has 0 radical (unpaired) electrons. The van der Waals surface area contributed by atoms with Gasteiger partial charge in [-0.05, 0) is 57.0 Å². The molecule has 0 bridgehead atoms. The lowest BCUT2D eigenvalue weighted by atomic mass is 10.0. The van der Waals surface area contributed by atoms with E-state index in [4.69, 9.17) is 0 Å². The van der Waals surface area contributed by atoms with Crippen molar-refractivity contribution < 1.29 is 13.6 Å². The average molecular weight is 468 g/mol. The SMILES string of the molecule is Cc1cc(F)c(C(=O)NC2CC2)cc1-n1cc(-c2cncc(N[C@@H]3CCN(C)C[C@@H]3F)c2)nn1. The van der Waals surface area contributed by atoms with E-state index in [0.29, 0.717) is 41.2 Å². The van der Waals surface area contributed by atoms with Gasteiger partial charge in [0.25, 0.3) is 5.91 Å². The van der Waals surface area contributed by atoms with Crippen LogP contribution >= 0.6 is 0 Å². The Kier molecular flexibility index (Phi) is 5.99. The number of rotatable bonds is 6. The molecule has 3 heterocycles. The Labute approximate surface area is 196 Å². The van der Waals surface area contributed by atoms with Crippen LogP contribution in [0.2, 0.25) is 0 Å². The highest BCUT2D eigenvalue weighted by Crippen LogP contribution is 2.26. The highest BCUT2D eigenvalue weighted by Gasteiger charge is 2.28. The van der Waals surface area contributed by atoms with Crippen LogP contribution in [0.3, 0.4) is 0 Å². The van der Waals surface area contributed by atoms with Gasteiger partial charge in [0, 0.05) is 37.1 Å². The normalized spacial score (nSPS) is 20.8. The summed E-state index contributed by atoms with van der Waals surface area (Å²) in [5.74, 6) is -0.993. The maximum absolute atomic E-state index is 14.5. The summed E-state index contributed by atoms with van der Waals surface area (Å²) < 4.78 is 30.4. The predicted octanol–water partition coefficient (Wildman–Crippen LogP) is 3.12. The first-order valence-electron chi connectivity index (χ1n) is 11.5. The zero-order valence-electron chi connectivity index (χ0n) is 19.1. The number of hydrogen-bond donors (Lipinski definition) is 2. The number of nitrogens with one attached hydrogen (secondary N) is 2. The second-order valence-corrected chi connectivity index (χ2v) is 9.19. The number of hydrogen-bond acceptors (Lipinski definition) is 6. The number of nitrogens with zero attached hydrogens (tertiary/aromatic N) is 5. The minimum absolute atomic E-state index is 0.0173. The van der Waals surface area contributed by atoms with Crippen molar-refractivity contribution in [3.05, 3.63) is 53.7 Å². The number of piperidine rings is 1. The van der Waals surface area contributed by atoms with Gasteiger partial charge in [-0.3, -0.25) is 9.78 Å². The topological polar surface area (TPSA) is 88.0 Å². The fraction of sp³-hybridized carbons (Fsp3) is 0.417. The molecule has 5 rings (SSSR count). The van der Waals surface area contributed by atoms with E-state index >= 15 is 0 Å². The molecule has 2 atom stereocenters. The lowest BCUT2D eigenvalue weighted by Crippen LogP contribution is -2.46. The van der Waals surface area contributed by atoms with Gasteiger partial charge in [-0.25, -0.2) is 13.5 Å². The molecular weight excluding hydrogens is 440 g/mol. The molecule has 2 fully saturated rings. The van der Waals surface area contributed by atoms with Gasteiger partial charge in [0.05, 0.1) is 29.2 Å². The summed E-state index contributed by atoms with van der Waals surface area (Å²) in [5.41, 5.74) is 3.16. The van der Waals surface area contributed by atoms with Gasteiger partial charge < -0.3 is 15.5 Å². The number of carbonyl (C=O) groups excluding carboxylic acids is 1. The molecule has 2 aliphatic rings. The molecule has 1 saturated carbocycles. The summed E-state index contributed by atoms with van der Waals surface area (Å²) in [4.78, 5) is 18.7. The molecule has 10 heteroatoms. The lowest BCUT2D eigenvalue weighted by Gasteiger charge is -2.33. The van der Waals surface area contributed by atoms with Crippen molar-refractivity contribution in [1.82, 2.24) is 30.2 Å². The van der Waals surface area contributed by atoms with Gasteiger partial charge in [0.1, 0.15) is 17.7 Å². The molecule has 2 N–H and O–H groups in total. The molecule has 2 aromatic heterocycles. The molecule has 1 saturated heterocycles. The summed E-state index contributed by atoms with van der Waals surface area (Å²) in [7, 11) is 1.92. The molecule has 8 nitrogen and oxygen atoms in total. The Morgan fingerprint density at radius 1 is 1.18 bits per heavy atom. The van der Waals surface area contributed by atoms with Crippen LogP contribution < -0.4 is 10.6 Å². The monoisotopic (exact) mass is 467 g/mol. The van der Waals surface area contributed by atoms with Crippen molar-refractivity contribution in [1.29, 1.82) is 0 Å². The second kappa shape index (κ2) is 9.09. The molecule has 1 aromatic carbocycles. The second-order valence-electron chi connectivity index (χ2n) is 9.19. The van der Waals surface area contributed by atoms with Crippen molar-refractivity contribution in [2.45, 2.75) is 44.4 Å². The van der Waals surface area contributed by atoms with Crippen LogP contribution in [0.4, 0.5) is 14.5 Å². The predicted molar refractivity (Wildman–Crippen MR) is 124 cm³/mol. The number of carbonyl (C=O) groups is 1. The van der Waals surface area contributed by atoms with E-state index in [2.05, 4.69) is 25.9 Å². The number of pyridine rings is 1. The molecule has 1 aliphatic heterocycles. The smallest absolute Gasteiger partial charge is 0.254 e. The highest BCUT2D eigenvalue weighted by atomic mass is 19.1. The Balaban J connectivity index is 1.37. The van der Waals surface area contributed by atoms with E-state index in [1.807, 2.05) is 18.0 Å². The molecule has 0 unspecified atom stereocenters. The Hall–Kier alpha value is -3.40. The Morgan fingerprint density at radius 2 is 2.00 bits per heavy atom. The van der Waals surface area contributed by atoms with Crippen molar-refractivity contribution in [3.8, 4) is 16.9 Å². The molecular formula is C24H27F2N7O. The van der Waals surface area contributed by atoms with Crippen LogP contribution in [0.15, 0.2) is 36.8 Å². The van der Waals surface area contributed by atoms with E-state index in [9.17, 15) is 13.6 Å². The summed E-state index contributed by atoms with van der Waals surface area (Å²) in [6.07, 6.45) is 6.61. The van der Waals surface area contributed by atoms with Crippen molar-refractivity contribution >= 4 is 11.6 Å². The zero-order valence-corrected chi connectivity index (χ0v) is 19.1. The van der Waals surface area contributed by atoms with Crippen molar-refractivity contribution in [3.63, 3.8) is 0 Å². The minimum atomic E-state index is -0.962. The third-order valence-corrected chi connectivity index (χ3v) is 6.31. The molecule has 34 heavy (non-hydrogen) atoms. The van der Waals surface area contributed by atoms with Gasteiger partial charge in [-0.2, -0.15) is 0 Å². The van der Waals surface area contributed by atoms with E-state index in [-0.39, 0.29) is 17.6 Å². The van der Waals surface area contributed by atoms with Gasteiger partial charge in [-0.15, -0.1) is 5.10 Å². The Bertz CT molecular complexity index is 1210. The van der Waals surface area contributed by atoms with Crippen LogP contribution in [0.5, 0.6) is 0 Å². The van der Waals surface area contributed by atoms with E-state index in [0.717, 1.165) is 19.4 Å². The summed E-state index contributed by atoms with van der Waals surface area (Å²) in [6.45, 7) is 2.98. The zero-order chi connectivity index (χ0) is 23.8. The standard InChI is InChI=1S/C24H27F2N7O/c1-14-7-19(25)18(24(34)29-16-3-4-16)9-23(14)33-13-22(30-31-33)15-8-17(11-27-10-15)28-21-5-6-32(2)12-20(21)26/h7-11,13,16,20-21,28H,3-6,12H2,1-2H3,(H,29,34)/t20-,21+/m0/s1. The first kappa shape index (κ1) is 22.4. The molecule has 1 aliphatic carbocycles. The number of alkyl halides is 1. The number of aromatic nitrogens is 4. The summed E-state index contributed by atoms with van der Waals surface area (Å²) in [6, 6.07) is 4.55. The number of halogens is 2. The minimum Gasteiger partial charge on any atom is -0.378 e. The highest BCUT2D eigenvalue weighted by molar-refractivity contribution is 5.95. The fourth-order valence-corrected chi connectivity index (χ4v) is 4.18. The fourth-order valence-electron chi connectivity index (χ4n) is 4.18. The first-order chi connectivity index (χ1) is 16.4. The van der Waals surface area contributed by atoms with Gasteiger partial charge in [-0.1, -0.05) is 5.21 Å². The number of likely N-dealkylation sites (tertiary alicyclic amines) is 1. The van der Waals surface area contributed by atoms with Crippen LogP contribution in [-0.4, -0.2) is 69.2 Å². The third-order valence-electron chi connectivity index (χ3n) is 6.31. The van der Waals surface area contributed by atoms with Crippen molar-refractivity contribution in [2.24, 2.45) is 0 Å². The van der Waals surface area contributed by atoms with Crippen LogP contribution in [0.1, 0.15) is 35.2 Å². The van der Waals surface area contributed by atoms with E-state index in [1.54, 1.807) is 25.5 Å². The maximum Gasteiger partial charge on any atom is 0.254 e. The molecule has 178 valence electrons. The number of benzene rings is 1. The van der Waals surface area contributed by atoms with Gasteiger partial charge in [0.15, 0.2) is 0 Å². The third kappa shape index (κ3) is 4.77. The van der Waals surface area contributed by atoms with Crippen molar-refractivity contribution in [2.75, 3.05) is 25.5 Å². The molecule has 1 amide bonds.